The Morgan fingerprint density at radius 3 is 2.50 bits per heavy atom. The van der Waals surface area contributed by atoms with Crippen molar-refractivity contribution in [3.05, 3.63) is 71.8 Å². The zero-order chi connectivity index (χ0) is 20.5. The van der Waals surface area contributed by atoms with Crippen molar-refractivity contribution in [1.29, 1.82) is 0 Å². The highest BCUT2D eigenvalue weighted by molar-refractivity contribution is 5.94. The van der Waals surface area contributed by atoms with E-state index in [1.165, 1.54) is 17.7 Å². The lowest BCUT2D eigenvalue weighted by atomic mass is 10.1. The molecule has 2 aliphatic rings. The maximum Gasteiger partial charge on any atom is 0.270 e. The zero-order valence-corrected chi connectivity index (χ0v) is 16.4. The molecule has 2 aromatic carbocycles. The quantitative estimate of drug-likeness (QED) is 0.719. The molecule has 0 radical (unpaired) electrons. The summed E-state index contributed by atoms with van der Waals surface area (Å²) in [5.41, 5.74) is 3.48. The minimum Gasteiger partial charge on any atom is -0.454 e. The van der Waals surface area contributed by atoms with Gasteiger partial charge in [-0.2, -0.15) is 0 Å². The van der Waals surface area contributed by atoms with Gasteiger partial charge in [-0.05, 0) is 47.0 Å². The van der Waals surface area contributed by atoms with Gasteiger partial charge in [-0.15, -0.1) is 0 Å². The monoisotopic (exact) mass is 407 g/mol. The summed E-state index contributed by atoms with van der Waals surface area (Å²) in [7, 11) is 0. The van der Waals surface area contributed by atoms with Gasteiger partial charge in [-0.3, -0.25) is 9.69 Å². The number of carbonyl (C=O) groups excluding carboxylic acids is 1. The second kappa shape index (κ2) is 7.84. The Hall–Kier alpha value is -3.32. The fourth-order valence-corrected chi connectivity index (χ4v) is 3.90. The fourth-order valence-electron chi connectivity index (χ4n) is 3.90. The van der Waals surface area contributed by atoms with Crippen LogP contribution in [0.4, 0.5) is 4.39 Å². The number of fused-ring (bicyclic) bond motifs is 1. The van der Waals surface area contributed by atoms with Gasteiger partial charge in [-0.1, -0.05) is 18.2 Å². The van der Waals surface area contributed by atoms with Gasteiger partial charge in [0.15, 0.2) is 11.5 Å². The number of nitrogens with one attached hydrogen (secondary N) is 1. The Morgan fingerprint density at radius 1 is 0.933 bits per heavy atom. The van der Waals surface area contributed by atoms with Crippen LogP contribution in [0.1, 0.15) is 16.1 Å². The van der Waals surface area contributed by atoms with Crippen molar-refractivity contribution in [3.8, 4) is 22.6 Å². The summed E-state index contributed by atoms with van der Waals surface area (Å²) in [5.74, 6) is 1.31. The lowest BCUT2D eigenvalue weighted by molar-refractivity contribution is 0.0623. The van der Waals surface area contributed by atoms with Gasteiger partial charge in [0.1, 0.15) is 11.5 Å². The van der Waals surface area contributed by atoms with Gasteiger partial charge < -0.3 is 19.4 Å². The van der Waals surface area contributed by atoms with Crippen LogP contribution in [0.3, 0.4) is 0 Å². The van der Waals surface area contributed by atoms with Gasteiger partial charge in [0.05, 0.1) is 0 Å². The minimum atomic E-state index is -0.274. The number of carbonyl (C=O) groups is 1. The molecule has 1 N–H and O–H groups in total. The van der Waals surface area contributed by atoms with Gasteiger partial charge in [0, 0.05) is 38.9 Å². The largest absolute Gasteiger partial charge is 0.454 e. The maximum absolute atomic E-state index is 13.1. The summed E-state index contributed by atoms with van der Waals surface area (Å²) >= 11 is 0. The number of piperazine rings is 1. The number of hydrogen-bond donors (Lipinski definition) is 1. The summed E-state index contributed by atoms with van der Waals surface area (Å²) in [6.07, 6.45) is 1.79. The maximum atomic E-state index is 13.1. The number of ether oxygens (including phenoxy) is 2. The van der Waals surface area contributed by atoms with Crippen LogP contribution in [0.2, 0.25) is 0 Å². The Labute approximate surface area is 173 Å². The third-order valence-electron chi connectivity index (χ3n) is 5.59. The molecule has 0 spiro atoms. The molecular weight excluding hydrogens is 385 g/mol. The van der Waals surface area contributed by atoms with Crippen molar-refractivity contribution in [2.24, 2.45) is 0 Å². The molecule has 5 rings (SSSR count). The number of aromatic amines is 1. The smallest absolute Gasteiger partial charge is 0.270 e. The number of benzene rings is 2. The normalized spacial score (nSPS) is 16.1. The lowest BCUT2D eigenvalue weighted by Gasteiger charge is -2.34. The highest BCUT2D eigenvalue weighted by Crippen LogP contribution is 2.33. The van der Waals surface area contributed by atoms with E-state index in [0.717, 1.165) is 42.3 Å². The molecule has 1 aromatic heterocycles. The Morgan fingerprint density at radius 2 is 1.70 bits per heavy atom. The highest BCUT2D eigenvalue weighted by atomic mass is 19.1. The first-order valence-electron chi connectivity index (χ1n) is 10.0. The topological polar surface area (TPSA) is 57.8 Å². The van der Waals surface area contributed by atoms with E-state index < -0.39 is 0 Å². The number of H-pyrrole nitrogens is 1. The van der Waals surface area contributed by atoms with Gasteiger partial charge in [-0.25, -0.2) is 4.39 Å². The van der Waals surface area contributed by atoms with E-state index in [9.17, 15) is 9.18 Å². The van der Waals surface area contributed by atoms with E-state index in [-0.39, 0.29) is 18.5 Å². The summed E-state index contributed by atoms with van der Waals surface area (Å²) in [6, 6.07) is 14.1. The molecular formula is C23H22FN3O3. The molecule has 6 nitrogen and oxygen atoms in total. The van der Waals surface area contributed by atoms with E-state index in [1.807, 2.05) is 23.1 Å². The minimum absolute atomic E-state index is 0.00825. The van der Waals surface area contributed by atoms with E-state index in [2.05, 4.69) is 16.0 Å². The van der Waals surface area contributed by atoms with E-state index in [0.29, 0.717) is 18.8 Å². The van der Waals surface area contributed by atoms with Crippen LogP contribution < -0.4 is 9.47 Å². The summed E-state index contributed by atoms with van der Waals surface area (Å²) in [4.78, 5) is 20.1. The van der Waals surface area contributed by atoms with E-state index in [4.69, 9.17) is 9.47 Å². The number of halogens is 1. The summed E-state index contributed by atoms with van der Waals surface area (Å²) < 4.78 is 23.9. The predicted octanol–water partition coefficient (Wildman–Crippen LogP) is 3.51. The molecule has 3 aromatic rings. The third-order valence-corrected chi connectivity index (χ3v) is 5.59. The van der Waals surface area contributed by atoms with Crippen LogP contribution in [-0.2, 0) is 6.54 Å². The Balaban J connectivity index is 1.18. The van der Waals surface area contributed by atoms with Gasteiger partial charge in [0.2, 0.25) is 6.79 Å². The summed E-state index contributed by atoms with van der Waals surface area (Å²) in [5, 5.41) is 0. The number of aromatic nitrogens is 1. The van der Waals surface area contributed by atoms with Gasteiger partial charge >= 0.3 is 0 Å². The van der Waals surface area contributed by atoms with Crippen LogP contribution in [0, 0.1) is 5.82 Å². The van der Waals surface area contributed by atoms with Crippen molar-refractivity contribution in [3.63, 3.8) is 0 Å². The molecule has 2 aliphatic heterocycles. The number of nitrogens with zero attached hydrogens (tertiary/aromatic N) is 2. The van der Waals surface area contributed by atoms with Crippen LogP contribution in [0.15, 0.2) is 54.7 Å². The standard InChI is InChI=1S/C23H22FN3O3/c24-19-4-2-17(3-5-19)18-12-20(25-13-18)23(28)27-9-7-26(8-10-27)14-16-1-6-21-22(11-16)30-15-29-21/h1-6,11-13,25H,7-10,14-15H2. The van der Waals surface area contributed by atoms with Crippen molar-refractivity contribution in [2.45, 2.75) is 6.54 Å². The molecule has 1 amide bonds. The lowest BCUT2D eigenvalue weighted by Crippen LogP contribution is -2.48. The van der Waals surface area contributed by atoms with Crippen LogP contribution >= 0.6 is 0 Å². The first-order valence-corrected chi connectivity index (χ1v) is 10.0. The number of rotatable bonds is 4. The molecule has 0 saturated carbocycles. The van der Waals surface area contributed by atoms with E-state index >= 15 is 0 Å². The van der Waals surface area contributed by atoms with Crippen LogP contribution in [0.5, 0.6) is 11.5 Å². The molecule has 1 fully saturated rings. The van der Waals surface area contributed by atoms with Crippen molar-refractivity contribution >= 4 is 5.91 Å². The fraction of sp³-hybridized carbons (Fsp3) is 0.261. The molecule has 0 atom stereocenters. The molecule has 3 heterocycles. The Kier molecular flexibility index (Phi) is 4.88. The average Bonchev–Trinajstić information content (AvgIpc) is 3.44. The van der Waals surface area contributed by atoms with Crippen molar-refractivity contribution in [1.82, 2.24) is 14.8 Å². The molecule has 30 heavy (non-hydrogen) atoms. The molecule has 1 saturated heterocycles. The van der Waals surface area contributed by atoms with Crippen LogP contribution in [-0.4, -0.2) is 53.7 Å². The predicted molar refractivity (Wildman–Crippen MR) is 110 cm³/mol. The molecule has 0 aliphatic carbocycles. The summed E-state index contributed by atoms with van der Waals surface area (Å²) in [6.45, 7) is 4.07. The number of amides is 1. The molecule has 7 heteroatoms. The second-order valence-corrected chi connectivity index (χ2v) is 7.56. The molecule has 154 valence electrons. The average molecular weight is 407 g/mol. The number of hydrogen-bond acceptors (Lipinski definition) is 4. The second-order valence-electron chi connectivity index (χ2n) is 7.56. The first-order chi connectivity index (χ1) is 14.7. The zero-order valence-electron chi connectivity index (χ0n) is 16.4. The molecule has 0 unspecified atom stereocenters. The highest BCUT2D eigenvalue weighted by Gasteiger charge is 2.24. The first kappa shape index (κ1) is 18.7. The van der Waals surface area contributed by atoms with E-state index in [1.54, 1.807) is 18.3 Å². The SMILES string of the molecule is O=C(c1cc(-c2ccc(F)cc2)c[nH]1)N1CCN(Cc2ccc3c(c2)OCO3)CC1. The Bertz CT molecular complexity index is 1060. The van der Waals surface area contributed by atoms with Gasteiger partial charge in [0.25, 0.3) is 5.91 Å². The van der Waals surface area contributed by atoms with Crippen molar-refractivity contribution < 1.29 is 18.7 Å². The third kappa shape index (κ3) is 3.76. The molecule has 0 bridgehead atoms. The van der Waals surface area contributed by atoms with Crippen molar-refractivity contribution in [2.75, 3.05) is 33.0 Å². The van der Waals surface area contributed by atoms with Crippen LogP contribution in [0.25, 0.3) is 11.1 Å².